The van der Waals surface area contributed by atoms with E-state index in [1.54, 1.807) is 36.5 Å². The Kier molecular flexibility index (Phi) is 24.3. The number of para-hydroxylation sites is 1. The number of amides is 9. The number of fused-ring (bicyclic) bond motifs is 1. The molecule has 1 saturated carbocycles. The van der Waals surface area contributed by atoms with Gasteiger partial charge in [-0.2, -0.15) is 0 Å². The third-order valence-corrected chi connectivity index (χ3v) is 13.2. The lowest BCUT2D eigenvalue weighted by molar-refractivity contribution is -0.136. The number of aliphatic imine (C=N–C) groups is 2. The van der Waals surface area contributed by atoms with Crippen LogP contribution in [0.15, 0.2) is 70.8 Å². The van der Waals surface area contributed by atoms with Crippen LogP contribution in [0.1, 0.15) is 95.1 Å². The highest BCUT2D eigenvalue weighted by molar-refractivity contribution is 5.98. The molecule has 0 bridgehead atoms. The van der Waals surface area contributed by atoms with Crippen LogP contribution in [-0.2, 0) is 56.0 Å². The van der Waals surface area contributed by atoms with Crippen LogP contribution >= 0.6 is 0 Å². The van der Waals surface area contributed by atoms with Gasteiger partial charge >= 0.3 is 0 Å². The zero-order chi connectivity index (χ0) is 57.4. The van der Waals surface area contributed by atoms with Crippen LogP contribution in [0.5, 0.6) is 0 Å². The third kappa shape index (κ3) is 21.6. The number of aromatic nitrogens is 1. The topological polar surface area (TPSA) is 453 Å². The number of aliphatic hydroxyl groups excluding tert-OH is 1. The molecule has 5 rings (SSSR count). The summed E-state index contributed by atoms with van der Waals surface area (Å²) in [7, 11) is 0. The Morgan fingerprint density at radius 2 is 1.38 bits per heavy atom. The number of nitrogens with one attached hydrogen (secondary N) is 10. The molecule has 0 spiro atoms. The van der Waals surface area contributed by atoms with Gasteiger partial charge in [0.2, 0.25) is 53.2 Å². The Balaban J connectivity index is 1.55. The summed E-state index contributed by atoms with van der Waals surface area (Å²) in [5.41, 5.74) is 29.7. The van der Waals surface area contributed by atoms with Gasteiger partial charge in [-0.25, -0.2) is 0 Å². The van der Waals surface area contributed by atoms with Crippen molar-refractivity contribution in [2.24, 2.45) is 38.7 Å². The molecule has 2 heterocycles. The van der Waals surface area contributed by atoms with Gasteiger partial charge in [0.1, 0.15) is 36.4 Å². The number of aliphatic hydroxyl groups is 1. The lowest BCUT2D eigenvalue weighted by Crippen LogP contribution is -2.61. The molecule has 1 saturated heterocycles. The molecule has 9 amide bonds. The predicted octanol–water partition coefficient (Wildman–Crippen LogP) is -3.50. The Bertz CT molecular complexity index is 2640. The first kappa shape index (κ1) is 61.5. The molecule has 2 aliphatic rings. The molecule has 3 aromatic rings. The van der Waals surface area contributed by atoms with Crippen LogP contribution in [0, 0.1) is 0 Å². The third-order valence-electron chi connectivity index (χ3n) is 13.2. The summed E-state index contributed by atoms with van der Waals surface area (Å²) in [4.78, 5) is 135. The molecule has 430 valence electrons. The fourth-order valence-electron chi connectivity index (χ4n) is 8.87. The first-order chi connectivity index (χ1) is 37.8. The maximum Gasteiger partial charge on any atom is 0.243 e. The van der Waals surface area contributed by atoms with E-state index in [2.05, 4.69) is 62.8 Å². The van der Waals surface area contributed by atoms with Crippen LogP contribution in [0.4, 0.5) is 0 Å². The molecule has 0 radical (unpaired) electrons. The molecule has 21 N–H and O–H groups in total. The largest absolute Gasteiger partial charge is 0.376 e. The van der Waals surface area contributed by atoms with Gasteiger partial charge in [-0.05, 0) is 87.8 Å². The molecule has 8 atom stereocenters. The van der Waals surface area contributed by atoms with Crippen molar-refractivity contribution in [1.82, 2.24) is 52.8 Å². The van der Waals surface area contributed by atoms with Crippen molar-refractivity contribution in [3.05, 3.63) is 71.9 Å². The predicted molar refractivity (Wildman–Crippen MR) is 293 cm³/mol. The number of hydrogen-bond donors (Lipinski definition) is 16. The molecule has 1 aromatic heterocycles. The Morgan fingerprint density at radius 1 is 0.722 bits per heavy atom. The van der Waals surface area contributed by atoms with Crippen LogP contribution in [0.3, 0.4) is 0 Å². The van der Waals surface area contributed by atoms with E-state index in [-0.39, 0.29) is 89.0 Å². The summed E-state index contributed by atoms with van der Waals surface area (Å²) in [6, 6.07) is 6.52. The highest BCUT2D eigenvalue weighted by Crippen LogP contribution is 2.21. The summed E-state index contributed by atoms with van der Waals surface area (Å²) in [5.74, 6) is -7.29. The minimum atomic E-state index is -1.69. The second kappa shape index (κ2) is 31.2. The number of rotatable bonds is 20. The van der Waals surface area contributed by atoms with Gasteiger partial charge in [0.15, 0.2) is 11.9 Å². The fraction of sp³-hybridized carbons (Fsp3) is 0.519. The molecule has 1 aliphatic carbocycles. The van der Waals surface area contributed by atoms with E-state index in [0.717, 1.165) is 23.7 Å². The summed E-state index contributed by atoms with van der Waals surface area (Å²) >= 11 is 0. The SMILES string of the molecule is CC(=O)N[C@@H](CCCN=C(N)N)C(=O)N[C@H]1CC(=O)NCCCC[C@@H](C(=O)NC2CC2)NC(=O)[C@H](Cc2c[nH]c3ccccc23)NC(O)[C@H](CCCN=C(N)N)NC(=O)[C@@H](Cc2ccccc2)NC(=O)[C@H](CCC(N)=O)NC1=O. The number of guanidine groups is 2. The number of aromatic amines is 1. The lowest BCUT2D eigenvalue weighted by Gasteiger charge is -2.31. The van der Waals surface area contributed by atoms with Gasteiger partial charge in [-0.1, -0.05) is 48.5 Å². The summed E-state index contributed by atoms with van der Waals surface area (Å²) in [6.45, 7) is 1.39. The number of benzene rings is 2. The Hall–Kier alpha value is -8.33. The summed E-state index contributed by atoms with van der Waals surface area (Å²) in [5, 5.41) is 37.7. The van der Waals surface area contributed by atoms with E-state index >= 15 is 0 Å². The highest BCUT2D eigenvalue weighted by Gasteiger charge is 2.36. The van der Waals surface area contributed by atoms with E-state index in [9.17, 15) is 48.3 Å². The van der Waals surface area contributed by atoms with Crippen LogP contribution in [-0.4, -0.2) is 149 Å². The van der Waals surface area contributed by atoms with Gasteiger partial charge < -0.3 is 81.3 Å². The molecule has 27 heteroatoms. The molecule has 2 aromatic carbocycles. The lowest BCUT2D eigenvalue weighted by atomic mass is 10.0. The first-order valence-electron chi connectivity index (χ1n) is 26.5. The quantitative estimate of drug-likeness (QED) is 0.0297. The fourth-order valence-corrected chi connectivity index (χ4v) is 8.87. The first-order valence-corrected chi connectivity index (χ1v) is 26.5. The van der Waals surface area contributed by atoms with Crippen molar-refractivity contribution in [3.8, 4) is 0 Å². The number of primary amides is 1. The second-order valence-electron chi connectivity index (χ2n) is 19.8. The normalized spacial score (nSPS) is 22.5. The number of hydrogen-bond acceptors (Lipinski definition) is 13. The zero-order valence-electron chi connectivity index (χ0n) is 44.4. The van der Waals surface area contributed by atoms with Gasteiger partial charge in [0.05, 0.1) is 18.5 Å². The molecule has 2 fully saturated rings. The van der Waals surface area contributed by atoms with Gasteiger partial charge in [-0.15, -0.1) is 0 Å². The van der Waals surface area contributed by atoms with E-state index < -0.39 is 121 Å². The molecule has 1 unspecified atom stereocenters. The van der Waals surface area contributed by atoms with Gasteiger partial charge in [-0.3, -0.25) is 58.5 Å². The number of carbonyl (C=O) groups excluding carboxylic acids is 9. The Labute approximate surface area is 457 Å². The monoisotopic (exact) mass is 1100 g/mol. The van der Waals surface area contributed by atoms with Crippen molar-refractivity contribution < 1.29 is 48.3 Å². The van der Waals surface area contributed by atoms with Crippen molar-refractivity contribution in [3.63, 3.8) is 0 Å². The average Bonchev–Trinajstić information content (AvgIpc) is 4.18. The number of nitrogens with zero attached hydrogens (tertiary/aromatic N) is 2. The van der Waals surface area contributed by atoms with Crippen molar-refractivity contribution in [2.45, 2.75) is 151 Å². The van der Waals surface area contributed by atoms with Crippen molar-refractivity contribution >= 4 is 76.0 Å². The molecular weight excluding hydrogens is 1020 g/mol. The maximum absolute atomic E-state index is 14.8. The summed E-state index contributed by atoms with van der Waals surface area (Å²) < 4.78 is 0. The summed E-state index contributed by atoms with van der Waals surface area (Å²) in [6.07, 6.45) is 1.13. The molecule has 79 heavy (non-hydrogen) atoms. The van der Waals surface area contributed by atoms with Crippen LogP contribution < -0.4 is 76.5 Å². The minimum Gasteiger partial charge on any atom is -0.376 e. The van der Waals surface area contributed by atoms with Crippen LogP contribution in [0.2, 0.25) is 0 Å². The minimum absolute atomic E-state index is 0.00441. The van der Waals surface area contributed by atoms with Crippen molar-refractivity contribution in [2.75, 3.05) is 19.6 Å². The number of H-pyrrole nitrogens is 1. The average molecular weight is 1100 g/mol. The standard InChI is InChI=1S/C52H77N17O10/c1-29(70)62-35(16-9-23-59-51(54)55)45(74)69-41-27-43(72)58-22-8-7-15-36(44(73)63-32-18-19-32)64-49(78)40(26-31-28-61-34-14-6-5-13-33(31)34)68-46(75)37(17-10-24-60-52(56)57)65-48(77)39(25-30-11-3-2-4-12-30)67-47(76)38(66-50(41)79)20-21-42(53)71/h2-6,11-14,28,32,35-41,46,61,68,75H,7-10,15-27H2,1H3,(H2,53,71)(H,58,72)(H,62,70)(H,63,73)(H,64,78)(H,65,77)(H,66,79)(H,67,76)(H,69,74)(H4,54,55,59)(H4,56,57,60)/t35-,36-,37-,38-,39+,40-,41-,46?/m0/s1. The number of nitrogens with two attached hydrogens (primary N) is 5. The second-order valence-corrected chi connectivity index (χ2v) is 19.8. The van der Waals surface area contributed by atoms with E-state index in [4.69, 9.17) is 28.7 Å². The number of carbonyl (C=O) groups is 9. The molecular formula is C52H77N17O10. The van der Waals surface area contributed by atoms with E-state index in [1.807, 2.05) is 24.3 Å². The Morgan fingerprint density at radius 3 is 2.06 bits per heavy atom. The van der Waals surface area contributed by atoms with Gasteiger partial charge in [0, 0.05) is 62.5 Å². The van der Waals surface area contributed by atoms with Gasteiger partial charge in [0.25, 0.3) is 0 Å². The molecule has 1 aliphatic heterocycles. The van der Waals surface area contributed by atoms with Crippen LogP contribution in [0.25, 0.3) is 10.9 Å². The maximum atomic E-state index is 14.8. The van der Waals surface area contributed by atoms with Crippen molar-refractivity contribution in [1.29, 1.82) is 0 Å². The molecule has 27 nitrogen and oxygen atoms in total. The zero-order valence-corrected chi connectivity index (χ0v) is 44.4. The van der Waals surface area contributed by atoms with E-state index in [1.165, 1.54) is 6.92 Å². The highest BCUT2D eigenvalue weighted by atomic mass is 16.3. The van der Waals surface area contributed by atoms with E-state index in [0.29, 0.717) is 17.5 Å². The smallest absolute Gasteiger partial charge is 0.243 e.